The second-order valence-corrected chi connectivity index (χ2v) is 6.02. The molecule has 0 amide bonds. The van der Waals surface area contributed by atoms with Gasteiger partial charge in [-0.15, -0.1) is 0 Å². The number of nitro benzene ring substituents is 1. The van der Waals surface area contributed by atoms with Crippen molar-refractivity contribution in [1.82, 2.24) is 14.5 Å². The second kappa shape index (κ2) is 7.24. The second-order valence-electron chi connectivity index (χ2n) is 6.02. The largest absolute Gasteiger partial charge is 0.269 e. The van der Waals surface area contributed by atoms with Crippen molar-refractivity contribution in [2.45, 2.75) is 0 Å². The summed E-state index contributed by atoms with van der Waals surface area (Å²) in [5.74, 6) is 0.440. The van der Waals surface area contributed by atoms with Crippen LogP contribution in [-0.4, -0.2) is 19.5 Å². The maximum atomic E-state index is 13.1. The van der Waals surface area contributed by atoms with Crippen LogP contribution in [0.1, 0.15) is 11.4 Å². The van der Waals surface area contributed by atoms with Crippen molar-refractivity contribution in [3.63, 3.8) is 0 Å². The van der Waals surface area contributed by atoms with Gasteiger partial charge in [-0.25, -0.2) is 4.98 Å². The highest BCUT2D eigenvalue weighted by molar-refractivity contribution is 5.80. The van der Waals surface area contributed by atoms with E-state index in [4.69, 9.17) is 0 Å². The average Bonchev–Trinajstić information content (AvgIpc) is 2.73. The summed E-state index contributed by atoms with van der Waals surface area (Å²) in [5.41, 5.74) is 1.78. The Morgan fingerprint density at radius 1 is 0.964 bits per heavy atom. The maximum absolute atomic E-state index is 13.1. The molecule has 4 rings (SSSR count). The number of non-ortho nitro benzene ring substituents is 1. The summed E-state index contributed by atoms with van der Waals surface area (Å²) < 4.78 is 1.50. The first-order chi connectivity index (χ1) is 13.6. The molecular weight excluding hydrogens is 356 g/mol. The molecule has 7 nitrogen and oxygen atoms in total. The fourth-order valence-electron chi connectivity index (χ4n) is 2.88. The topological polar surface area (TPSA) is 90.9 Å². The van der Waals surface area contributed by atoms with Gasteiger partial charge in [0.25, 0.3) is 11.2 Å². The number of aromatic nitrogens is 3. The Bertz CT molecular complexity index is 1250. The van der Waals surface area contributed by atoms with Crippen molar-refractivity contribution in [3.8, 4) is 5.69 Å². The molecule has 2 aromatic carbocycles. The summed E-state index contributed by atoms with van der Waals surface area (Å²) in [6.45, 7) is 0. The molecule has 0 N–H and O–H groups in total. The molecule has 0 radical (unpaired) electrons. The average molecular weight is 370 g/mol. The van der Waals surface area contributed by atoms with Gasteiger partial charge in [0.05, 0.1) is 27.7 Å². The first-order valence-electron chi connectivity index (χ1n) is 8.48. The highest BCUT2D eigenvalue weighted by Gasteiger charge is 2.11. The third kappa shape index (κ3) is 3.28. The van der Waals surface area contributed by atoms with Crippen LogP contribution in [0, 0.1) is 10.1 Å². The van der Waals surface area contributed by atoms with E-state index in [2.05, 4.69) is 9.97 Å². The van der Waals surface area contributed by atoms with Crippen molar-refractivity contribution >= 4 is 28.7 Å². The van der Waals surface area contributed by atoms with E-state index < -0.39 is 4.92 Å². The van der Waals surface area contributed by atoms with Crippen molar-refractivity contribution in [1.29, 1.82) is 0 Å². The van der Waals surface area contributed by atoms with Crippen LogP contribution in [0.5, 0.6) is 0 Å². The van der Waals surface area contributed by atoms with Crippen molar-refractivity contribution < 1.29 is 4.92 Å². The molecule has 28 heavy (non-hydrogen) atoms. The summed E-state index contributed by atoms with van der Waals surface area (Å²) in [5, 5.41) is 11.3. The number of hydrogen-bond donors (Lipinski definition) is 0. The van der Waals surface area contributed by atoms with Gasteiger partial charge >= 0.3 is 0 Å². The van der Waals surface area contributed by atoms with Crippen LogP contribution in [0.15, 0.2) is 77.9 Å². The van der Waals surface area contributed by atoms with Crippen molar-refractivity contribution in [2.24, 2.45) is 0 Å². The predicted molar refractivity (Wildman–Crippen MR) is 107 cm³/mol. The van der Waals surface area contributed by atoms with Gasteiger partial charge in [-0.2, -0.15) is 0 Å². The summed E-state index contributed by atoms with van der Waals surface area (Å²) >= 11 is 0. The van der Waals surface area contributed by atoms with E-state index in [1.165, 1.54) is 16.7 Å². The summed E-state index contributed by atoms with van der Waals surface area (Å²) in [6.07, 6.45) is 6.70. The lowest BCUT2D eigenvalue weighted by molar-refractivity contribution is -0.384. The van der Waals surface area contributed by atoms with Gasteiger partial charge in [0.1, 0.15) is 5.82 Å². The molecule has 0 bridgehead atoms. The smallest absolute Gasteiger partial charge is 0.268 e. The SMILES string of the molecule is O=c1c2ccccc2nc(C=Cc2ccc([N+](=O)[O-])cc2)n1-c1cccnc1. The Hall–Kier alpha value is -4.13. The number of para-hydroxylation sites is 1. The molecule has 2 aromatic heterocycles. The molecule has 0 aliphatic rings. The van der Waals surface area contributed by atoms with E-state index in [9.17, 15) is 14.9 Å². The Labute approximate surface area is 159 Å². The molecular formula is C21H14N4O3. The van der Waals surface area contributed by atoms with E-state index >= 15 is 0 Å². The molecule has 0 saturated heterocycles. The molecule has 0 aliphatic heterocycles. The summed E-state index contributed by atoms with van der Waals surface area (Å²) in [7, 11) is 0. The number of fused-ring (bicyclic) bond motifs is 1. The highest BCUT2D eigenvalue weighted by Crippen LogP contribution is 2.16. The zero-order valence-corrected chi connectivity index (χ0v) is 14.6. The molecule has 0 aliphatic carbocycles. The van der Waals surface area contributed by atoms with Gasteiger partial charge < -0.3 is 0 Å². The van der Waals surface area contributed by atoms with Crippen LogP contribution >= 0.6 is 0 Å². The highest BCUT2D eigenvalue weighted by atomic mass is 16.6. The van der Waals surface area contributed by atoms with E-state index in [-0.39, 0.29) is 11.2 Å². The molecule has 0 spiro atoms. The molecule has 0 unspecified atom stereocenters. The molecule has 0 fully saturated rings. The van der Waals surface area contributed by atoms with Gasteiger partial charge in [-0.05, 0) is 48.0 Å². The Morgan fingerprint density at radius 3 is 2.46 bits per heavy atom. The minimum atomic E-state index is -0.446. The number of nitro groups is 1. The minimum Gasteiger partial charge on any atom is -0.268 e. The summed E-state index contributed by atoms with van der Waals surface area (Å²) in [4.78, 5) is 32.1. The van der Waals surface area contributed by atoms with Gasteiger partial charge in [0, 0.05) is 18.3 Å². The Balaban J connectivity index is 1.85. The third-order valence-electron chi connectivity index (χ3n) is 4.23. The van der Waals surface area contributed by atoms with E-state index in [0.29, 0.717) is 22.4 Å². The van der Waals surface area contributed by atoms with Crippen LogP contribution in [0.25, 0.3) is 28.7 Å². The lowest BCUT2D eigenvalue weighted by Crippen LogP contribution is -2.22. The fourth-order valence-corrected chi connectivity index (χ4v) is 2.88. The molecule has 2 heterocycles. The quantitative estimate of drug-likeness (QED) is 0.402. The first kappa shape index (κ1) is 17.3. The normalized spacial score (nSPS) is 11.1. The van der Waals surface area contributed by atoms with E-state index in [1.54, 1.807) is 67.0 Å². The zero-order chi connectivity index (χ0) is 19.5. The number of benzene rings is 2. The minimum absolute atomic E-state index is 0.0215. The van der Waals surface area contributed by atoms with Gasteiger partial charge in [0.2, 0.25) is 0 Å². The van der Waals surface area contributed by atoms with Crippen LogP contribution in [0.4, 0.5) is 5.69 Å². The molecule has 0 saturated carbocycles. The van der Waals surface area contributed by atoms with Crippen molar-refractivity contribution in [3.05, 3.63) is 105 Å². The summed E-state index contributed by atoms with van der Waals surface area (Å²) in [6, 6.07) is 16.8. The van der Waals surface area contributed by atoms with Crippen LogP contribution in [0.2, 0.25) is 0 Å². The number of nitrogens with zero attached hydrogens (tertiary/aromatic N) is 4. The molecule has 0 atom stereocenters. The lowest BCUT2D eigenvalue weighted by Gasteiger charge is -2.10. The van der Waals surface area contributed by atoms with Crippen LogP contribution in [-0.2, 0) is 0 Å². The van der Waals surface area contributed by atoms with Crippen LogP contribution < -0.4 is 5.56 Å². The number of rotatable bonds is 4. The molecule has 136 valence electrons. The number of hydrogen-bond acceptors (Lipinski definition) is 5. The van der Waals surface area contributed by atoms with Crippen molar-refractivity contribution in [2.75, 3.05) is 0 Å². The predicted octanol–water partition coefficient (Wildman–Crippen LogP) is 3.86. The standard InChI is InChI=1S/C21H14N4O3/c26-21-18-5-1-2-6-19(18)23-20(24(21)17-4-3-13-22-14-17)12-9-15-7-10-16(11-8-15)25(27)28/h1-14H. The third-order valence-corrected chi connectivity index (χ3v) is 4.23. The van der Waals surface area contributed by atoms with Gasteiger partial charge in [0.15, 0.2) is 0 Å². The molecule has 4 aromatic rings. The monoisotopic (exact) mass is 370 g/mol. The maximum Gasteiger partial charge on any atom is 0.269 e. The van der Waals surface area contributed by atoms with Gasteiger partial charge in [-0.1, -0.05) is 18.2 Å². The Morgan fingerprint density at radius 2 is 1.75 bits per heavy atom. The van der Waals surface area contributed by atoms with Gasteiger partial charge in [-0.3, -0.25) is 24.5 Å². The molecule has 7 heteroatoms. The van der Waals surface area contributed by atoms with E-state index in [0.717, 1.165) is 5.56 Å². The first-order valence-corrected chi connectivity index (χ1v) is 8.48. The van der Waals surface area contributed by atoms with Crippen LogP contribution in [0.3, 0.4) is 0 Å². The van der Waals surface area contributed by atoms with E-state index in [1.807, 2.05) is 6.07 Å². The Kier molecular flexibility index (Phi) is 4.47. The zero-order valence-electron chi connectivity index (χ0n) is 14.6. The number of pyridine rings is 1. The fraction of sp³-hybridized carbons (Fsp3) is 0. The lowest BCUT2D eigenvalue weighted by atomic mass is 10.2.